The van der Waals surface area contributed by atoms with Gasteiger partial charge in [-0.3, -0.25) is 0 Å². The van der Waals surface area contributed by atoms with Gasteiger partial charge in [-0.25, -0.2) is 13.9 Å². The lowest BCUT2D eigenvalue weighted by Gasteiger charge is -2.26. The number of hydrogen-bond donors (Lipinski definition) is 3. The van der Waals surface area contributed by atoms with Crippen molar-refractivity contribution in [2.24, 2.45) is 5.92 Å². The fourth-order valence-electron chi connectivity index (χ4n) is 3.40. The van der Waals surface area contributed by atoms with E-state index in [1.807, 2.05) is 25.1 Å². The highest BCUT2D eigenvalue weighted by Gasteiger charge is 2.23. The Hall–Kier alpha value is -1.48. The van der Waals surface area contributed by atoms with Crippen molar-refractivity contribution in [1.29, 1.82) is 0 Å². The predicted octanol–water partition coefficient (Wildman–Crippen LogP) is 4.11. The second kappa shape index (κ2) is 10.0. The molecule has 1 heterocycles. The normalized spacial score (nSPS) is 20.6. The van der Waals surface area contributed by atoms with Crippen LogP contribution in [0.1, 0.15) is 45.2 Å². The Balaban J connectivity index is 1.81. The summed E-state index contributed by atoms with van der Waals surface area (Å²) in [5, 5.41) is 14.0. The number of aliphatic hydroxyl groups excluding tert-OH is 1. The van der Waals surface area contributed by atoms with Crippen LogP contribution in [0.4, 0.5) is 5.13 Å². The summed E-state index contributed by atoms with van der Waals surface area (Å²) in [6, 6.07) is 5.94. The molecule has 1 atom stereocenters. The van der Waals surface area contributed by atoms with Crippen molar-refractivity contribution in [1.82, 2.24) is 9.71 Å². The number of methoxy groups -OCH3 is 1. The first-order valence-corrected chi connectivity index (χ1v) is 12.1. The van der Waals surface area contributed by atoms with Gasteiger partial charge in [0.15, 0.2) is 5.13 Å². The standard InChI is InChI=1S/C21H31N3O3S2/c1-13(2)12-22-21-23-14(3)20(28-21)15-5-10-18(27-4)19(11-15)29(26)24-16-6-8-17(25)9-7-16/h5,10-11,13,16-17,24-25H,6-9,12H2,1-4H3,(H,22,23). The molecule has 1 saturated carbocycles. The summed E-state index contributed by atoms with van der Waals surface area (Å²) in [6.07, 6.45) is 2.92. The number of aliphatic hydroxyl groups is 1. The minimum atomic E-state index is -1.39. The van der Waals surface area contributed by atoms with E-state index in [9.17, 15) is 9.32 Å². The average Bonchev–Trinajstić information content (AvgIpc) is 3.08. The summed E-state index contributed by atoms with van der Waals surface area (Å²) in [7, 11) is 0.211. The van der Waals surface area contributed by atoms with E-state index >= 15 is 0 Å². The summed E-state index contributed by atoms with van der Waals surface area (Å²) in [5.41, 5.74) is 1.94. The lowest BCUT2D eigenvalue weighted by molar-refractivity contribution is 0.121. The van der Waals surface area contributed by atoms with Crippen LogP contribution in [0.25, 0.3) is 10.4 Å². The van der Waals surface area contributed by atoms with Crippen molar-refractivity contribution >= 4 is 27.5 Å². The predicted molar refractivity (Wildman–Crippen MR) is 120 cm³/mol. The van der Waals surface area contributed by atoms with Crippen molar-refractivity contribution < 1.29 is 14.1 Å². The quantitative estimate of drug-likeness (QED) is 0.579. The Bertz CT molecular complexity index is 846. The van der Waals surface area contributed by atoms with Gasteiger partial charge in [0.05, 0.1) is 28.7 Å². The molecule has 6 nitrogen and oxygen atoms in total. The molecular formula is C21H31N3O3S2. The maximum atomic E-state index is 13.1. The Morgan fingerprint density at radius 3 is 2.69 bits per heavy atom. The van der Waals surface area contributed by atoms with Crippen LogP contribution < -0.4 is 14.8 Å². The number of anilines is 1. The van der Waals surface area contributed by atoms with Crippen LogP contribution in [-0.2, 0) is 11.0 Å². The first-order chi connectivity index (χ1) is 13.9. The van der Waals surface area contributed by atoms with Gasteiger partial charge in [0.1, 0.15) is 16.7 Å². The highest BCUT2D eigenvalue weighted by molar-refractivity contribution is 7.83. The second-order valence-corrected chi connectivity index (χ2v) is 10.2. The monoisotopic (exact) mass is 437 g/mol. The molecule has 1 aliphatic rings. The zero-order valence-electron chi connectivity index (χ0n) is 17.5. The first kappa shape index (κ1) is 22.2. The number of thiazole rings is 1. The van der Waals surface area contributed by atoms with Gasteiger partial charge < -0.3 is 15.2 Å². The average molecular weight is 438 g/mol. The Labute approximate surface area is 179 Å². The summed E-state index contributed by atoms with van der Waals surface area (Å²) in [5.74, 6) is 1.15. The number of aryl methyl sites for hydroxylation is 1. The third-order valence-corrected chi connectivity index (χ3v) is 7.48. The second-order valence-electron chi connectivity index (χ2n) is 7.97. The van der Waals surface area contributed by atoms with Gasteiger partial charge in [-0.1, -0.05) is 25.2 Å². The summed E-state index contributed by atoms with van der Waals surface area (Å²) in [6.45, 7) is 7.21. The molecule has 0 saturated heterocycles. The fraction of sp³-hybridized carbons (Fsp3) is 0.571. The zero-order valence-corrected chi connectivity index (χ0v) is 19.2. The van der Waals surface area contributed by atoms with E-state index in [0.29, 0.717) is 16.6 Å². The minimum absolute atomic E-state index is 0.143. The van der Waals surface area contributed by atoms with E-state index < -0.39 is 11.0 Å². The Morgan fingerprint density at radius 1 is 1.31 bits per heavy atom. The van der Waals surface area contributed by atoms with Crippen molar-refractivity contribution in [2.45, 2.75) is 63.5 Å². The topological polar surface area (TPSA) is 83.5 Å². The number of aromatic nitrogens is 1. The number of hydrogen-bond acceptors (Lipinski definition) is 6. The molecule has 3 rings (SSSR count). The van der Waals surface area contributed by atoms with Crippen LogP contribution in [-0.4, -0.2) is 40.1 Å². The van der Waals surface area contributed by atoms with Crippen molar-refractivity contribution in [2.75, 3.05) is 19.0 Å². The fourth-order valence-corrected chi connectivity index (χ4v) is 5.61. The lowest BCUT2D eigenvalue weighted by atomic mass is 9.94. The molecule has 29 heavy (non-hydrogen) atoms. The van der Waals surface area contributed by atoms with Crippen molar-refractivity contribution in [3.8, 4) is 16.2 Å². The summed E-state index contributed by atoms with van der Waals surface area (Å²) in [4.78, 5) is 6.34. The number of ether oxygens (including phenoxy) is 1. The van der Waals surface area contributed by atoms with Gasteiger partial charge in [-0.2, -0.15) is 0 Å². The highest BCUT2D eigenvalue weighted by Crippen LogP contribution is 2.36. The molecule has 1 unspecified atom stereocenters. The highest BCUT2D eigenvalue weighted by atomic mass is 32.2. The van der Waals surface area contributed by atoms with E-state index in [0.717, 1.165) is 53.5 Å². The Morgan fingerprint density at radius 2 is 2.03 bits per heavy atom. The van der Waals surface area contributed by atoms with Crippen molar-refractivity contribution in [3.63, 3.8) is 0 Å². The smallest absolute Gasteiger partial charge is 0.183 e. The van der Waals surface area contributed by atoms with Gasteiger partial charge in [0.2, 0.25) is 0 Å². The number of rotatable bonds is 8. The molecule has 1 aromatic carbocycles. The van der Waals surface area contributed by atoms with Crippen LogP contribution >= 0.6 is 11.3 Å². The molecule has 3 N–H and O–H groups in total. The van der Waals surface area contributed by atoms with Crippen LogP contribution in [0.2, 0.25) is 0 Å². The molecule has 1 fully saturated rings. The molecule has 1 aliphatic carbocycles. The molecule has 0 aliphatic heterocycles. The summed E-state index contributed by atoms with van der Waals surface area (Å²) < 4.78 is 21.7. The van der Waals surface area contributed by atoms with Gasteiger partial charge >= 0.3 is 0 Å². The molecular weight excluding hydrogens is 406 g/mol. The number of nitrogens with one attached hydrogen (secondary N) is 2. The van der Waals surface area contributed by atoms with E-state index in [1.165, 1.54) is 0 Å². The lowest BCUT2D eigenvalue weighted by Crippen LogP contribution is -2.35. The van der Waals surface area contributed by atoms with E-state index in [2.05, 4.69) is 28.9 Å². The zero-order chi connectivity index (χ0) is 21.0. The van der Waals surface area contributed by atoms with Crippen molar-refractivity contribution in [3.05, 3.63) is 23.9 Å². The van der Waals surface area contributed by atoms with Gasteiger partial charge in [0.25, 0.3) is 0 Å². The SMILES string of the molecule is COc1ccc(-c2sc(NCC(C)C)nc2C)cc1S(=O)NC1CCC(O)CC1. The van der Waals surface area contributed by atoms with E-state index in [-0.39, 0.29) is 12.1 Å². The molecule has 0 spiro atoms. The van der Waals surface area contributed by atoms with Crippen LogP contribution in [0, 0.1) is 12.8 Å². The van der Waals surface area contributed by atoms with Crippen LogP contribution in [0.3, 0.4) is 0 Å². The number of nitrogens with zero attached hydrogens (tertiary/aromatic N) is 1. The Kier molecular flexibility index (Phi) is 7.67. The minimum Gasteiger partial charge on any atom is -0.495 e. The molecule has 0 radical (unpaired) electrons. The molecule has 160 valence electrons. The molecule has 0 amide bonds. The molecule has 8 heteroatoms. The van der Waals surface area contributed by atoms with Crippen LogP contribution in [0.15, 0.2) is 23.1 Å². The molecule has 0 bridgehead atoms. The third-order valence-electron chi connectivity index (χ3n) is 5.05. The van der Waals surface area contributed by atoms with Crippen LogP contribution in [0.5, 0.6) is 5.75 Å². The molecule has 1 aromatic heterocycles. The maximum Gasteiger partial charge on any atom is 0.183 e. The first-order valence-electron chi connectivity index (χ1n) is 10.1. The third kappa shape index (κ3) is 5.78. The van der Waals surface area contributed by atoms with Gasteiger partial charge in [-0.05, 0) is 62.3 Å². The van der Waals surface area contributed by atoms with E-state index in [1.54, 1.807) is 18.4 Å². The summed E-state index contributed by atoms with van der Waals surface area (Å²) >= 11 is 1.61. The maximum absolute atomic E-state index is 13.1. The molecule has 2 aromatic rings. The van der Waals surface area contributed by atoms with Gasteiger partial charge in [0, 0.05) is 12.6 Å². The van der Waals surface area contributed by atoms with E-state index in [4.69, 9.17) is 4.74 Å². The largest absolute Gasteiger partial charge is 0.495 e. The number of benzene rings is 1. The van der Waals surface area contributed by atoms with Gasteiger partial charge in [-0.15, -0.1) is 0 Å².